The fourth-order valence-corrected chi connectivity index (χ4v) is 2.44. The van der Waals surface area contributed by atoms with E-state index in [1.807, 2.05) is 24.3 Å². The summed E-state index contributed by atoms with van der Waals surface area (Å²) in [5.74, 6) is 0.762. The minimum Gasteiger partial charge on any atom is -0.496 e. The molecule has 1 heterocycles. The molecule has 0 bridgehead atoms. The van der Waals surface area contributed by atoms with E-state index in [0.717, 1.165) is 5.56 Å². The van der Waals surface area contributed by atoms with Crippen LogP contribution in [-0.2, 0) is 9.59 Å². The SMILES string of the molecule is COc1ccccc1/C=C/C(=O)Nc1ccc2c(c1)NC(=O)[C@H](C)O2. The predicted octanol–water partition coefficient (Wildman–Crippen LogP) is 3.07. The smallest absolute Gasteiger partial charge is 0.265 e. The molecule has 0 saturated heterocycles. The van der Waals surface area contributed by atoms with E-state index in [0.29, 0.717) is 22.9 Å². The maximum atomic E-state index is 12.1. The van der Waals surface area contributed by atoms with Gasteiger partial charge in [-0.05, 0) is 37.3 Å². The van der Waals surface area contributed by atoms with Crippen LogP contribution in [0.25, 0.3) is 6.08 Å². The van der Waals surface area contributed by atoms with Crippen molar-refractivity contribution in [3.63, 3.8) is 0 Å². The highest BCUT2D eigenvalue weighted by atomic mass is 16.5. The molecule has 2 aromatic rings. The third kappa shape index (κ3) is 3.80. The highest BCUT2D eigenvalue weighted by molar-refractivity contribution is 6.03. The van der Waals surface area contributed by atoms with Crippen LogP contribution < -0.4 is 20.1 Å². The van der Waals surface area contributed by atoms with Gasteiger partial charge in [-0.15, -0.1) is 0 Å². The zero-order chi connectivity index (χ0) is 17.8. The van der Waals surface area contributed by atoms with E-state index in [1.165, 1.54) is 6.08 Å². The predicted molar refractivity (Wildman–Crippen MR) is 95.8 cm³/mol. The van der Waals surface area contributed by atoms with Crippen LogP contribution in [0.2, 0.25) is 0 Å². The van der Waals surface area contributed by atoms with Crippen molar-refractivity contribution < 1.29 is 19.1 Å². The molecule has 0 spiro atoms. The number of para-hydroxylation sites is 1. The number of amides is 2. The van der Waals surface area contributed by atoms with Crippen LogP contribution in [0.4, 0.5) is 11.4 Å². The Hall–Kier alpha value is -3.28. The number of carbonyl (C=O) groups is 2. The van der Waals surface area contributed by atoms with Crippen LogP contribution in [0, 0.1) is 0 Å². The first-order valence-corrected chi connectivity index (χ1v) is 7.80. The lowest BCUT2D eigenvalue weighted by atomic mass is 10.2. The molecule has 0 saturated carbocycles. The number of rotatable bonds is 4. The van der Waals surface area contributed by atoms with Gasteiger partial charge < -0.3 is 20.1 Å². The Kier molecular flexibility index (Phi) is 4.70. The van der Waals surface area contributed by atoms with Gasteiger partial charge in [-0.25, -0.2) is 0 Å². The van der Waals surface area contributed by atoms with Gasteiger partial charge >= 0.3 is 0 Å². The number of hydrogen-bond acceptors (Lipinski definition) is 4. The van der Waals surface area contributed by atoms with E-state index in [2.05, 4.69) is 10.6 Å². The highest BCUT2D eigenvalue weighted by Gasteiger charge is 2.23. The van der Waals surface area contributed by atoms with Crippen molar-refractivity contribution in [1.29, 1.82) is 0 Å². The fourth-order valence-electron chi connectivity index (χ4n) is 2.44. The second-order valence-corrected chi connectivity index (χ2v) is 5.52. The molecule has 0 aliphatic carbocycles. The number of ether oxygens (including phenoxy) is 2. The first kappa shape index (κ1) is 16.6. The average Bonchev–Trinajstić information content (AvgIpc) is 2.61. The van der Waals surface area contributed by atoms with Crippen LogP contribution >= 0.6 is 0 Å². The van der Waals surface area contributed by atoms with E-state index in [1.54, 1.807) is 38.3 Å². The van der Waals surface area contributed by atoms with E-state index >= 15 is 0 Å². The van der Waals surface area contributed by atoms with Crippen LogP contribution in [-0.4, -0.2) is 25.0 Å². The number of anilines is 2. The molecule has 2 amide bonds. The van der Waals surface area contributed by atoms with Crippen LogP contribution in [0.3, 0.4) is 0 Å². The summed E-state index contributed by atoms with van der Waals surface area (Å²) in [6.07, 6.45) is 2.57. The van der Waals surface area contributed by atoms with E-state index in [-0.39, 0.29) is 11.8 Å². The molecular formula is C19H18N2O4. The first-order chi connectivity index (χ1) is 12.1. The van der Waals surface area contributed by atoms with Crippen molar-refractivity contribution in [2.24, 2.45) is 0 Å². The molecule has 25 heavy (non-hydrogen) atoms. The number of fused-ring (bicyclic) bond motifs is 1. The van der Waals surface area contributed by atoms with Crippen molar-refractivity contribution in [1.82, 2.24) is 0 Å². The minimum atomic E-state index is -0.531. The molecular weight excluding hydrogens is 320 g/mol. The molecule has 1 aliphatic heterocycles. The van der Waals surface area contributed by atoms with Gasteiger partial charge in [0.15, 0.2) is 6.10 Å². The van der Waals surface area contributed by atoms with Crippen molar-refractivity contribution in [3.8, 4) is 11.5 Å². The topological polar surface area (TPSA) is 76.7 Å². The van der Waals surface area contributed by atoms with Crippen molar-refractivity contribution in [3.05, 3.63) is 54.1 Å². The van der Waals surface area contributed by atoms with E-state index in [4.69, 9.17) is 9.47 Å². The van der Waals surface area contributed by atoms with E-state index < -0.39 is 6.10 Å². The number of carbonyl (C=O) groups excluding carboxylic acids is 2. The molecule has 1 aliphatic rings. The number of methoxy groups -OCH3 is 1. The van der Waals surface area contributed by atoms with Crippen LogP contribution in [0.5, 0.6) is 11.5 Å². The number of nitrogens with one attached hydrogen (secondary N) is 2. The van der Waals surface area contributed by atoms with Gasteiger partial charge in [0.1, 0.15) is 11.5 Å². The second-order valence-electron chi connectivity index (χ2n) is 5.52. The summed E-state index contributed by atoms with van der Waals surface area (Å²) < 4.78 is 10.7. The Morgan fingerprint density at radius 1 is 1.28 bits per heavy atom. The summed E-state index contributed by atoms with van der Waals surface area (Å²) in [7, 11) is 1.58. The average molecular weight is 338 g/mol. The number of benzene rings is 2. The number of hydrogen-bond donors (Lipinski definition) is 2. The lowest BCUT2D eigenvalue weighted by Gasteiger charge is -2.23. The van der Waals surface area contributed by atoms with Gasteiger partial charge in [-0.2, -0.15) is 0 Å². The minimum absolute atomic E-state index is 0.216. The molecule has 3 rings (SSSR count). The molecule has 6 heteroatoms. The summed E-state index contributed by atoms with van der Waals surface area (Å²) in [6.45, 7) is 1.68. The second kappa shape index (κ2) is 7.09. The normalized spacial score (nSPS) is 15.9. The quantitative estimate of drug-likeness (QED) is 0.840. The third-order valence-electron chi connectivity index (χ3n) is 3.73. The standard InChI is InChI=1S/C19H18N2O4/c1-12-19(23)21-15-11-14(8-9-17(15)25-12)20-18(22)10-7-13-5-3-4-6-16(13)24-2/h3-12H,1-2H3,(H,20,22)(H,21,23)/b10-7+/t12-/m0/s1. The Labute approximate surface area is 145 Å². The molecule has 0 fully saturated rings. The van der Waals surface area contributed by atoms with Gasteiger partial charge in [0, 0.05) is 17.3 Å². The Morgan fingerprint density at radius 3 is 2.88 bits per heavy atom. The van der Waals surface area contributed by atoms with E-state index in [9.17, 15) is 9.59 Å². The maximum absolute atomic E-state index is 12.1. The largest absolute Gasteiger partial charge is 0.496 e. The molecule has 2 N–H and O–H groups in total. The lowest BCUT2D eigenvalue weighted by molar-refractivity contribution is -0.122. The molecule has 0 radical (unpaired) electrons. The molecule has 2 aromatic carbocycles. The molecule has 0 unspecified atom stereocenters. The summed E-state index contributed by atoms with van der Waals surface area (Å²) in [5.41, 5.74) is 1.90. The third-order valence-corrected chi connectivity index (χ3v) is 3.73. The zero-order valence-corrected chi connectivity index (χ0v) is 13.9. The summed E-state index contributed by atoms with van der Waals surface area (Å²) in [6, 6.07) is 12.5. The lowest BCUT2D eigenvalue weighted by Crippen LogP contribution is -2.34. The summed E-state index contributed by atoms with van der Waals surface area (Å²) >= 11 is 0. The van der Waals surface area contributed by atoms with Gasteiger partial charge in [-0.1, -0.05) is 18.2 Å². The first-order valence-electron chi connectivity index (χ1n) is 7.80. The van der Waals surface area contributed by atoms with Gasteiger partial charge in [0.2, 0.25) is 5.91 Å². The summed E-state index contributed by atoms with van der Waals surface area (Å²) in [4.78, 5) is 23.8. The van der Waals surface area contributed by atoms with Crippen molar-refractivity contribution in [2.75, 3.05) is 17.7 Å². The van der Waals surface area contributed by atoms with Gasteiger partial charge in [0.25, 0.3) is 5.91 Å². The molecule has 6 nitrogen and oxygen atoms in total. The van der Waals surface area contributed by atoms with Crippen molar-refractivity contribution >= 4 is 29.3 Å². The molecule has 128 valence electrons. The Bertz CT molecular complexity index is 845. The molecule has 1 atom stereocenters. The van der Waals surface area contributed by atoms with Crippen molar-refractivity contribution in [2.45, 2.75) is 13.0 Å². The zero-order valence-electron chi connectivity index (χ0n) is 13.9. The highest BCUT2D eigenvalue weighted by Crippen LogP contribution is 2.32. The van der Waals surface area contributed by atoms with Crippen LogP contribution in [0.1, 0.15) is 12.5 Å². The van der Waals surface area contributed by atoms with Gasteiger partial charge in [-0.3, -0.25) is 9.59 Å². The maximum Gasteiger partial charge on any atom is 0.265 e. The van der Waals surface area contributed by atoms with Gasteiger partial charge in [0.05, 0.1) is 12.8 Å². The summed E-state index contributed by atoms with van der Waals surface area (Å²) in [5, 5.41) is 5.50. The fraction of sp³-hybridized carbons (Fsp3) is 0.158. The monoisotopic (exact) mass is 338 g/mol. The molecule has 0 aromatic heterocycles. The van der Waals surface area contributed by atoms with Crippen LogP contribution in [0.15, 0.2) is 48.5 Å². The Morgan fingerprint density at radius 2 is 2.08 bits per heavy atom. The Balaban J connectivity index is 1.70.